The van der Waals surface area contributed by atoms with E-state index in [1.807, 2.05) is 31.2 Å². The van der Waals surface area contributed by atoms with Crippen LogP contribution < -0.4 is 4.90 Å². The molecule has 1 aromatic heterocycles. The molecule has 22 heavy (non-hydrogen) atoms. The standard InChI is InChI=1S/C16H21N3O2S/c1-12-17-15-5-3-2-4-14(15)16(18-12)22-11-13(20)10-19-6-8-21-9-7-19/h2-5,13,20H,6-11H2,1H3/p+1/t13-/m1/s1. The van der Waals surface area contributed by atoms with Crippen LogP contribution in [-0.4, -0.2) is 59.8 Å². The third-order valence-electron chi connectivity index (χ3n) is 3.82. The number of quaternary nitrogens is 1. The normalized spacial score (nSPS) is 17.7. The van der Waals surface area contributed by atoms with Gasteiger partial charge in [-0.25, -0.2) is 9.97 Å². The van der Waals surface area contributed by atoms with Gasteiger partial charge in [-0.2, -0.15) is 0 Å². The summed E-state index contributed by atoms with van der Waals surface area (Å²) in [5, 5.41) is 12.3. The zero-order valence-electron chi connectivity index (χ0n) is 12.8. The Morgan fingerprint density at radius 3 is 2.86 bits per heavy atom. The minimum Gasteiger partial charge on any atom is -0.386 e. The van der Waals surface area contributed by atoms with Gasteiger partial charge in [-0.05, 0) is 13.0 Å². The highest BCUT2D eigenvalue weighted by atomic mass is 32.2. The lowest BCUT2D eigenvalue weighted by Crippen LogP contribution is -3.15. The molecule has 0 spiro atoms. The van der Waals surface area contributed by atoms with E-state index in [1.165, 1.54) is 4.90 Å². The quantitative estimate of drug-likeness (QED) is 0.613. The third kappa shape index (κ3) is 3.95. The topological polar surface area (TPSA) is 59.7 Å². The Hall–Kier alpha value is -1.21. The van der Waals surface area contributed by atoms with Crippen molar-refractivity contribution in [1.29, 1.82) is 0 Å². The first kappa shape index (κ1) is 15.7. The number of nitrogens with zero attached hydrogens (tertiary/aromatic N) is 2. The highest BCUT2D eigenvalue weighted by molar-refractivity contribution is 7.99. The molecule has 0 saturated carbocycles. The molecule has 0 bridgehead atoms. The van der Waals surface area contributed by atoms with Gasteiger partial charge in [0.1, 0.15) is 36.6 Å². The van der Waals surface area contributed by atoms with Crippen molar-refractivity contribution in [2.75, 3.05) is 38.6 Å². The molecule has 1 aliphatic rings. The molecule has 6 heteroatoms. The van der Waals surface area contributed by atoms with Crippen molar-refractivity contribution in [3.8, 4) is 0 Å². The zero-order valence-corrected chi connectivity index (χ0v) is 13.6. The van der Waals surface area contributed by atoms with E-state index in [0.717, 1.165) is 54.6 Å². The Kier molecular flexibility index (Phi) is 5.25. The summed E-state index contributed by atoms with van der Waals surface area (Å²) in [4.78, 5) is 10.4. The van der Waals surface area contributed by atoms with E-state index in [-0.39, 0.29) is 6.10 Å². The van der Waals surface area contributed by atoms with Gasteiger partial charge in [0.05, 0.1) is 18.7 Å². The zero-order chi connectivity index (χ0) is 15.4. The molecular weight excluding hydrogens is 298 g/mol. The number of hydrogen-bond donors (Lipinski definition) is 2. The van der Waals surface area contributed by atoms with Crippen LogP contribution in [0.3, 0.4) is 0 Å². The number of nitrogens with one attached hydrogen (secondary N) is 1. The van der Waals surface area contributed by atoms with E-state index in [4.69, 9.17) is 4.74 Å². The van der Waals surface area contributed by atoms with Gasteiger partial charge in [-0.15, -0.1) is 11.8 Å². The van der Waals surface area contributed by atoms with E-state index in [9.17, 15) is 5.11 Å². The van der Waals surface area contributed by atoms with Crippen molar-refractivity contribution < 1.29 is 14.7 Å². The Balaban J connectivity index is 1.63. The number of aliphatic hydroxyl groups excluding tert-OH is 1. The van der Waals surface area contributed by atoms with Crippen molar-refractivity contribution in [3.05, 3.63) is 30.1 Å². The maximum absolute atomic E-state index is 10.3. The molecular formula is C16H22N3O2S+. The molecule has 0 unspecified atom stereocenters. The molecule has 1 atom stereocenters. The fourth-order valence-electron chi connectivity index (χ4n) is 2.70. The molecule has 5 nitrogen and oxygen atoms in total. The van der Waals surface area contributed by atoms with E-state index < -0.39 is 0 Å². The second kappa shape index (κ2) is 7.37. The van der Waals surface area contributed by atoms with Crippen LogP contribution in [0.15, 0.2) is 29.3 Å². The molecule has 1 aromatic carbocycles. The third-order valence-corrected chi connectivity index (χ3v) is 4.95. The fraction of sp³-hybridized carbons (Fsp3) is 0.500. The van der Waals surface area contributed by atoms with Gasteiger partial charge >= 0.3 is 0 Å². The second-order valence-corrected chi connectivity index (χ2v) is 6.63. The van der Waals surface area contributed by atoms with E-state index in [2.05, 4.69) is 9.97 Å². The number of para-hydroxylation sites is 1. The SMILES string of the molecule is Cc1nc(SC[C@H](O)C[NH+]2CCOCC2)c2ccccc2n1. The van der Waals surface area contributed by atoms with Gasteiger partial charge in [0, 0.05) is 11.1 Å². The summed E-state index contributed by atoms with van der Waals surface area (Å²) in [7, 11) is 0. The van der Waals surface area contributed by atoms with Gasteiger partial charge in [0.2, 0.25) is 0 Å². The molecule has 0 aliphatic carbocycles. The van der Waals surface area contributed by atoms with Crippen LogP contribution in [0.2, 0.25) is 0 Å². The lowest BCUT2D eigenvalue weighted by atomic mass is 10.2. The van der Waals surface area contributed by atoms with Crippen LogP contribution in [0.5, 0.6) is 0 Å². The Morgan fingerprint density at radius 2 is 2.05 bits per heavy atom. The summed E-state index contributed by atoms with van der Waals surface area (Å²) >= 11 is 1.62. The monoisotopic (exact) mass is 320 g/mol. The molecule has 2 aromatic rings. The first-order valence-corrected chi connectivity index (χ1v) is 8.66. The van der Waals surface area contributed by atoms with Gasteiger partial charge in [0.25, 0.3) is 0 Å². The first-order chi connectivity index (χ1) is 10.7. The lowest BCUT2D eigenvalue weighted by Gasteiger charge is -2.25. The van der Waals surface area contributed by atoms with Crippen LogP contribution in [0.25, 0.3) is 10.9 Å². The van der Waals surface area contributed by atoms with Crippen molar-refractivity contribution in [2.24, 2.45) is 0 Å². The minimum atomic E-state index is -0.327. The van der Waals surface area contributed by atoms with Crippen LogP contribution in [0, 0.1) is 6.92 Å². The van der Waals surface area contributed by atoms with Gasteiger partial charge in [0.15, 0.2) is 0 Å². The summed E-state index contributed by atoms with van der Waals surface area (Å²) in [5.41, 5.74) is 0.964. The summed E-state index contributed by atoms with van der Waals surface area (Å²) in [6, 6.07) is 8.03. The number of thioether (sulfide) groups is 1. The summed E-state index contributed by atoms with van der Waals surface area (Å²) in [6.07, 6.45) is -0.327. The molecule has 2 heterocycles. The molecule has 1 fully saturated rings. The Morgan fingerprint density at radius 1 is 1.27 bits per heavy atom. The minimum absolute atomic E-state index is 0.327. The number of aromatic nitrogens is 2. The predicted molar refractivity (Wildman–Crippen MR) is 87.4 cm³/mol. The number of ether oxygens (including phenoxy) is 1. The number of hydrogen-bond acceptors (Lipinski definition) is 5. The number of fused-ring (bicyclic) bond motifs is 1. The first-order valence-electron chi connectivity index (χ1n) is 7.68. The lowest BCUT2D eigenvalue weighted by molar-refractivity contribution is -0.910. The highest BCUT2D eigenvalue weighted by Gasteiger charge is 2.19. The summed E-state index contributed by atoms with van der Waals surface area (Å²) < 4.78 is 5.35. The number of aliphatic hydroxyl groups is 1. The Bertz CT molecular complexity index is 632. The van der Waals surface area contributed by atoms with Crippen molar-refractivity contribution in [1.82, 2.24) is 9.97 Å². The summed E-state index contributed by atoms with van der Waals surface area (Å²) in [5.74, 6) is 1.43. The maximum Gasteiger partial charge on any atom is 0.127 e. The number of morpholine rings is 1. The van der Waals surface area contributed by atoms with Crippen LogP contribution in [0.1, 0.15) is 5.82 Å². The smallest absolute Gasteiger partial charge is 0.127 e. The molecule has 0 amide bonds. The van der Waals surface area contributed by atoms with Gasteiger partial charge in [-0.3, -0.25) is 0 Å². The predicted octanol–water partition coefficient (Wildman–Crippen LogP) is 0.306. The number of benzene rings is 1. The van der Waals surface area contributed by atoms with Gasteiger partial charge < -0.3 is 14.7 Å². The maximum atomic E-state index is 10.3. The molecule has 1 saturated heterocycles. The van der Waals surface area contributed by atoms with E-state index in [0.29, 0.717) is 5.75 Å². The molecule has 1 aliphatic heterocycles. The van der Waals surface area contributed by atoms with Crippen LogP contribution >= 0.6 is 11.8 Å². The highest BCUT2D eigenvalue weighted by Crippen LogP contribution is 2.25. The van der Waals surface area contributed by atoms with Crippen molar-refractivity contribution in [2.45, 2.75) is 18.1 Å². The van der Waals surface area contributed by atoms with Gasteiger partial charge in [-0.1, -0.05) is 18.2 Å². The number of aryl methyl sites for hydroxylation is 1. The second-order valence-electron chi connectivity index (χ2n) is 5.62. The molecule has 3 rings (SSSR count). The van der Waals surface area contributed by atoms with Crippen molar-refractivity contribution >= 4 is 22.7 Å². The molecule has 2 N–H and O–H groups in total. The van der Waals surface area contributed by atoms with Crippen LogP contribution in [0.4, 0.5) is 0 Å². The average molecular weight is 320 g/mol. The number of rotatable bonds is 5. The van der Waals surface area contributed by atoms with Crippen molar-refractivity contribution in [3.63, 3.8) is 0 Å². The van der Waals surface area contributed by atoms with Crippen LogP contribution in [-0.2, 0) is 4.74 Å². The molecule has 0 radical (unpaired) electrons. The average Bonchev–Trinajstić information content (AvgIpc) is 2.53. The fourth-order valence-corrected chi connectivity index (χ4v) is 3.69. The van der Waals surface area contributed by atoms with E-state index >= 15 is 0 Å². The largest absolute Gasteiger partial charge is 0.386 e. The Labute approximate surface area is 134 Å². The van der Waals surface area contributed by atoms with E-state index in [1.54, 1.807) is 11.8 Å². The molecule has 118 valence electrons. The summed E-state index contributed by atoms with van der Waals surface area (Å²) in [6.45, 7) is 6.24.